The molecule has 8 nitrogen and oxygen atoms in total. The highest BCUT2D eigenvalue weighted by Gasteiger charge is 2.55. The highest BCUT2D eigenvalue weighted by Crippen LogP contribution is 2.45. The van der Waals surface area contributed by atoms with Crippen LogP contribution in [0.25, 0.3) is 11.3 Å². The predicted molar refractivity (Wildman–Crippen MR) is 176 cm³/mol. The van der Waals surface area contributed by atoms with Crippen molar-refractivity contribution in [1.82, 2.24) is 4.57 Å². The van der Waals surface area contributed by atoms with Gasteiger partial charge >= 0.3 is 6.18 Å². The van der Waals surface area contributed by atoms with E-state index >= 15 is 13.2 Å². The first kappa shape index (κ1) is 36.6. The number of benzene rings is 2. The summed E-state index contributed by atoms with van der Waals surface area (Å²) < 4.78 is 57.2. The van der Waals surface area contributed by atoms with E-state index in [1.807, 2.05) is 20.8 Å². The molecule has 1 aromatic heterocycles. The Morgan fingerprint density at radius 1 is 0.957 bits per heavy atom. The molecule has 0 aliphatic carbocycles. The van der Waals surface area contributed by atoms with Gasteiger partial charge in [-0.05, 0) is 59.4 Å². The van der Waals surface area contributed by atoms with Crippen molar-refractivity contribution >= 4 is 25.8 Å². The normalized spacial score (nSPS) is 14.4. The van der Waals surface area contributed by atoms with Gasteiger partial charge in [-0.1, -0.05) is 77.1 Å². The molecule has 2 amide bonds. The molecule has 250 valence electrons. The molecule has 3 unspecified atom stereocenters. The molecule has 0 radical (unpaired) electrons. The Kier molecular flexibility index (Phi) is 11.3. The number of nitrogens with zero attached hydrogens (tertiary/aromatic N) is 1. The number of methoxy groups -OCH3 is 1. The van der Waals surface area contributed by atoms with Gasteiger partial charge in [0.2, 0.25) is 11.8 Å². The Bertz CT molecular complexity index is 1570. The van der Waals surface area contributed by atoms with E-state index in [0.717, 1.165) is 4.57 Å². The van der Waals surface area contributed by atoms with Gasteiger partial charge in [-0.2, -0.15) is 13.2 Å². The molecule has 3 rings (SSSR count). The first-order valence-corrected chi connectivity index (χ1v) is 18.0. The van der Waals surface area contributed by atoms with Crippen LogP contribution in [0.5, 0.6) is 5.75 Å². The van der Waals surface area contributed by atoms with Crippen LogP contribution in [-0.2, 0) is 20.4 Å². The molecule has 0 saturated carbocycles. The lowest BCUT2D eigenvalue weighted by Gasteiger charge is -2.44. The van der Waals surface area contributed by atoms with E-state index in [9.17, 15) is 14.4 Å². The number of primary amides is 1. The zero-order chi connectivity index (χ0) is 34.6. The molecule has 0 saturated heterocycles. The summed E-state index contributed by atoms with van der Waals surface area (Å²) >= 11 is 0. The summed E-state index contributed by atoms with van der Waals surface area (Å²) in [5.41, 5.74) is 6.13. The zero-order valence-electron chi connectivity index (χ0n) is 27.6. The van der Waals surface area contributed by atoms with Crippen molar-refractivity contribution in [1.29, 1.82) is 0 Å². The number of nitrogens with one attached hydrogen (secondary N) is 1. The average Bonchev–Trinajstić information content (AvgIpc) is 2.95. The Morgan fingerprint density at radius 3 is 2.02 bits per heavy atom. The molecule has 46 heavy (non-hydrogen) atoms. The van der Waals surface area contributed by atoms with E-state index in [-0.39, 0.29) is 17.8 Å². The molecule has 3 aromatic rings. The SMILES string of the molecule is COc1ccc(CC(=O)Nc2ccc(-c3ccccc3)n(C(C(N)=O)C(C(C)C)C(O[Si](C)(C)C(C)(C)C)C(F)(F)F)c2=O)cc1. The number of aromatic nitrogens is 1. The Labute approximate surface area is 269 Å². The van der Waals surface area contributed by atoms with Gasteiger partial charge in [0.05, 0.1) is 19.2 Å². The third-order valence-electron chi connectivity index (χ3n) is 8.59. The van der Waals surface area contributed by atoms with E-state index in [0.29, 0.717) is 16.9 Å². The van der Waals surface area contributed by atoms with Crippen molar-refractivity contribution in [2.75, 3.05) is 12.4 Å². The van der Waals surface area contributed by atoms with Gasteiger partial charge in [0.15, 0.2) is 8.32 Å². The van der Waals surface area contributed by atoms with Crippen LogP contribution >= 0.6 is 0 Å². The number of anilines is 1. The van der Waals surface area contributed by atoms with Crippen LogP contribution in [0.4, 0.5) is 18.9 Å². The van der Waals surface area contributed by atoms with Gasteiger partial charge in [0.1, 0.15) is 23.6 Å². The van der Waals surface area contributed by atoms with E-state index in [1.165, 1.54) is 19.2 Å². The van der Waals surface area contributed by atoms with E-state index in [4.69, 9.17) is 14.9 Å². The number of hydrogen-bond donors (Lipinski definition) is 2. The third-order valence-corrected chi connectivity index (χ3v) is 13.0. The quantitative estimate of drug-likeness (QED) is 0.204. The molecule has 0 aliphatic rings. The Morgan fingerprint density at radius 2 is 1.54 bits per heavy atom. The maximum Gasteiger partial charge on any atom is 0.413 e. The molecular weight excluding hydrogens is 615 g/mol. The number of amides is 2. The third kappa shape index (κ3) is 8.46. The molecule has 3 atom stereocenters. The number of halogens is 3. The van der Waals surface area contributed by atoms with Crippen LogP contribution in [0, 0.1) is 11.8 Å². The summed E-state index contributed by atoms with van der Waals surface area (Å²) in [5, 5.41) is 2.00. The number of hydrogen-bond acceptors (Lipinski definition) is 5. The first-order chi connectivity index (χ1) is 21.3. The van der Waals surface area contributed by atoms with Gasteiger partial charge in [0.25, 0.3) is 5.56 Å². The Balaban J connectivity index is 2.22. The molecule has 0 spiro atoms. The molecule has 2 aromatic carbocycles. The van der Waals surface area contributed by atoms with Crippen LogP contribution < -0.4 is 21.3 Å². The second-order valence-corrected chi connectivity index (χ2v) is 18.0. The molecule has 0 aliphatic heterocycles. The van der Waals surface area contributed by atoms with Gasteiger partial charge in [0, 0.05) is 5.92 Å². The van der Waals surface area contributed by atoms with Gasteiger partial charge in [-0.25, -0.2) is 0 Å². The van der Waals surface area contributed by atoms with E-state index in [1.54, 1.807) is 81.5 Å². The predicted octanol–water partition coefficient (Wildman–Crippen LogP) is 6.96. The van der Waals surface area contributed by atoms with Crippen LogP contribution in [0.2, 0.25) is 18.1 Å². The van der Waals surface area contributed by atoms with E-state index in [2.05, 4.69) is 5.32 Å². The van der Waals surface area contributed by atoms with Crippen molar-refractivity contribution in [3.63, 3.8) is 0 Å². The minimum absolute atomic E-state index is 0.0890. The van der Waals surface area contributed by atoms with Gasteiger partial charge < -0.3 is 20.2 Å². The highest BCUT2D eigenvalue weighted by atomic mass is 28.4. The number of ether oxygens (including phenoxy) is 1. The number of alkyl halides is 3. The van der Waals surface area contributed by atoms with E-state index < -0.39 is 60.9 Å². The molecule has 3 N–H and O–H groups in total. The standard InChI is InChI=1S/C34H44F3N3O5Si/c1-21(2)28(30(34(35,36)37)45-46(7,8)33(3,4)5)29(31(38)42)40-26(23-12-10-9-11-13-23)19-18-25(32(40)43)39-27(41)20-22-14-16-24(44-6)17-15-22/h9-19,21,28-30H,20H2,1-8H3,(H2,38,42)(H,39,41). The summed E-state index contributed by atoms with van der Waals surface area (Å²) in [6.45, 7) is 11.9. The monoisotopic (exact) mass is 659 g/mol. The second kappa shape index (κ2) is 14.2. The maximum absolute atomic E-state index is 15.0. The molecule has 12 heteroatoms. The lowest BCUT2D eigenvalue weighted by Crippen LogP contribution is -2.55. The zero-order valence-corrected chi connectivity index (χ0v) is 28.6. The lowest BCUT2D eigenvalue weighted by molar-refractivity contribution is -0.222. The number of carbonyl (C=O) groups excluding carboxylic acids is 2. The van der Waals surface area contributed by atoms with Crippen LogP contribution in [0.3, 0.4) is 0 Å². The van der Waals surface area contributed by atoms with Gasteiger partial charge in [-0.15, -0.1) is 0 Å². The second-order valence-electron chi connectivity index (χ2n) is 13.3. The van der Waals surface area contributed by atoms with Crippen LogP contribution in [0.15, 0.2) is 71.5 Å². The maximum atomic E-state index is 15.0. The van der Waals surface area contributed by atoms with Crippen molar-refractivity contribution in [2.24, 2.45) is 17.6 Å². The minimum atomic E-state index is -4.89. The Hall–Kier alpha value is -3.90. The van der Waals surface area contributed by atoms with Crippen molar-refractivity contribution < 1.29 is 31.9 Å². The highest BCUT2D eigenvalue weighted by molar-refractivity contribution is 6.74. The van der Waals surface area contributed by atoms with Gasteiger partial charge in [-0.3, -0.25) is 19.0 Å². The molecule has 1 heterocycles. The fourth-order valence-corrected chi connectivity index (χ4v) is 6.40. The fourth-order valence-electron chi connectivity index (χ4n) is 5.12. The fraction of sp³-hybridized carbons (Fsp3) is 0.441. The average molecular weight is 660 g/mol. The van der Waals surface area contributed by atoms with Crippen molar-refractivity contribution in [2.45, 2.75) is 77.5 Å². The number of rotatable bonds is 12. The topological polar surface area (TPSA) is 113 Å². The summed E-state index contributed by atoms with van der Waals surface area (Å²) in [5.74, 6) is -3.45. The summed E-state index contributed by atoms with van der Waals surface area (Å²) in [7, 11) is -1.54. The molecule has 0 bridgehead atoms. The first-order valence-electron chi connectivity index (χ1n) is 15.1. The summed E-state index contributed by atoms with van der Waals surface area (Å²) in [6.07, 6.45) is -7.39. The van der Waals surface area contributed by atoms with Crippen molar-refractivity contribution in [3.8, 4) is 17.0 Å². The van der Waals surface area contributed by atoms with Crippen LogP contribution in [0.1, 0.15) is 46.2 Å². The molecule has 0 fully saturated rings. The lowest BCUT2D eigenvalue weighted by atomic mass is 9.82. The smallest absolute Gasteiger partial charge is 0.413 e. The molecular formula is C34H44F3N3O5Si. The van der Waals surface area contributed by atoms with Crippen LogP contribution in [-0.4, -0.2) is 44.1 Å². The number of pyridine rings is 1. The largest absolute Gasteiger partial charge is 0.497 e. The van der Waals surface area contributed by atoms with Crippen molar-refractivity contribution in [3.05, 3.63) is 82.6 Å². The minimum Gasteiger partial charge on any atom is -0.497 e. The number of nitrogens with two attached hydrogens (primary N) is 1. The summed E-state index contributed by atoms with van der Waals surface area (Å²) in [6, 6.07) is 16.4. The number of carbonyl (C=O) groups is 2. The summed E-state index contributed by atoms with van der Waals surface area (Å²) in [4.78, 5) is 40.6.